The van der Waals surface area contributed by atoms with Crippen molar-refractivity contribution in [3.8, 4) is 11.3 Å². The van der Waals surface area contributed by atoms with Crippen molar-refractivity contribution in [2.24, 2.45) is 0 Å². The lowest BCUT2D eigenvalue weighted by Gasteiger charge is -2.51. The first-order valence-corrected chi connectivity index (χ1v) is 10.1. The second-order valence-corrected chi connectivity index (χ2v) is 9.87. The van der Waals surface area contributed by atoms with Crippen molar-refractivity contribution < 1.29 is 24.1 Å². The fourth-order valence-corrected chi connectivity index (χ4v) is 5.72. The summed E-state index contributed by atoms with van der Waals surface area (Å²) >= 11 is 1.42. The molecule has 2 N–H and O–H groups in total. The maximum atomic E-state index is 13.0. The van der Waals surface area contributed by atoms with Gasteiger partial charge in [0.25, 0.3) is 11.6 Å². The number of benzene rings is 1. The minimum absolute atomic E-state index is 0.0954. The molecule has 10 nitrogen and oxygen atoms in total. The van der Waals surface area contributed by atoms with Gasteiger partial charge in [-0.2, -0.15) is 0 Å². The third kappa shape index (κ3) is 2.76. The summed E-state index contributed by atoms with van der Waals surface area (Å²) < 4.78 is 4.76. The summed E-state index contributed by atoms with van der Waals surface area (Å²) in [4.78, 5) is 36.8. The van der Waals surface area contributed by atoms with Crippen molar-refractivity contribution in [2.45, 2.75) is 49.4 Å². The van der Waals surface area contributed by atoms with E-state index < -0.39 is 32.6 Å². The predicted octanol–water partition coefficient (Wildman–Crippen LogP) is 2.88. The molecule has 2 aromatic rings. The fourth-order valence-electron chi connectivity index (χ4n) is 4.07. The number of non-ortho nitro benzene ring substituents is 1. The largest absolute Gasteiger partial charge is 0.480 e. The molecular weight excluding hydrogens is 412 g/mol. The van der Waals surface area contributed by atoms with Gasteiger partial charge in [0, 0.05) is 22.4 Å². The summed E-state index contributed by atoms with van der Waals surface area (Å²) in [7, 11) is 0. The summed E-state index contributed by atoms with van der Waals surface area (Å²) in [6.45, 7) is 7.03. The molecule has 30 heavy (non-hydrogen) atoms. The second kappa shape index (κ2) is 6.46. The number of nitrogens with one attached hydrogen (secondary N) is 1. The number of anilines is 1. The lowest BCUT2D eigenvalue weighted by atomic mass is 9.85. The quantitative estimate of drug-likeness (QED) is 0.415. The van der Waals surface area contributed by atoms with Crippen LogP contribution in [0.2, 0.25) is 0 Å². The normalized spacial score (nSPS) is 26.8. The van der Waals surface area contributed by atoms with Crippen molar-refractivity contribution in [3.63, 3.8) is 0 Å². The van der Waals surface area contributed by atoms with E-state index in [0.29, 0.717) is 16.9 Å². The van der Waals surface area contributed by atoms with Crippen LogP contribution in [-0.4, -0.2) is 53.7 Å². The Hall–Kier alpha value is -3.08. The Labute approximate surface area is 175 Å². The van der Waals surface area contributed by atoms with E-state index in [2.05, 4.69) is 10.5 Å². The maximum Gasteiger partial charge on any atom is 0.327 e. The van der Waals surface area contributed by atoms with Crippen molar-refractivity contribution >= 4 is 35.0 Å². The number of fused-ring (bicyclic) bond motifs is 1. The van der Waals surface area contributed by atoms with E-state index in [1.165, 1.54) is 28.8 Å². The average Bonchev–Trinajstić information content (AvgIpc) is 3.17. The van der Waals surface area contributed by atoms with Crippen molar-refractivity contribution in [1.82, 2.24) is 10.1 Å². The molecule has 2 fully saturated rings. The van der Waals surface area contributed by atoms with Crippen LogP contribution in [0.4, 0.5) is 11.4 Å². The second-order valence-electron chi connectivity index (χ2n) is 8.13. The first kappa shape index (κ1) is 20.2. The zero-order valence-corrected chi connectivity index (χ0v) is 17.5. The van der Waals surface area contributed by atoms with E-state index in [-0.39, 0.29) is 17.4 Å². The molecule has 2 saturated heterocycles. The highest BCUT2D eigenvalue weighted by atomic mass is 32.2. The van der Waals surface area contributed by atoms with Gasteiger partial charge in [-0.25, -0.2) is 4.79 Å². The first-order chi connectivity index (χ1) is 14.0. The van der Waals surface area contributed by atoms with Crippen molar-refractivity contribution in [1.29, 1.82) is 0 Å². The molecular formula is C19H20N4O6S. The van der Waals surface area contributed by atoms with Gasteiger partial charge in [-0.05, 0) is 27.7 Å². The molecule has 0 unspecified atom stereocenters. The molecule has 3 heterocycles. The number of carbonyl (C=O) groups excluding carboxylic acids is 1. The van der Waals surface area contributed by atoms with Gasteiger partial charge in [-0.3, -0.25) is 14.9 Å². The van der Waals surface area contributed by atoms with Crippen LogP contribution in [0.1, 0.15) is 26.5 Å². The number of nitro groups is 1. The molecule has 1 aromatic heterocycles. The number of nitro benzene ring substituents is 1. The SMILES string of the molecule is Cc1noc(-c2cccc([N+](=O)[O-])c2)c1N[C@@]1(C)C(=O)N2[C@@H](C(=O)O)C(C)(C)S[C@@H]21. The number of carbonyl (C=O) groups is 2. The number of amides is 1. The summed E-state index contributed by atoms with van der Waals surface area (Å²) in [6.07, 6.45) is 0. The number of β-lactam (4-membered cyclic amide) rings is 1. The molecule has 1 amide bonds. The van der Waals surface area contributed by atoms with Crippen LogP contribution < -0.4 is 5.32 Å². The van der Waals surface area contributed by atoms with E-state index in [9.17, 15) is 24.8 Å². The lowest BCUT2D eigenvalue weighted by molar-refractivity contribution is -0.384. The van der Waals surface area contributed by atoms with E-state index in [0.717, 1.165) is 0 Å². The van der Waals surface area contributed by atoms with Crippen LogP contribution in [0.3, 0.4) is 0 Å². The van der Waals surface area contributed by atoms with Gasteiger partial charge in [0.05, 0.1) is 4.92 Å². The molecule has 3 atom stereocenters. The van der Waals surface area contributed by atoms with E-state index in [1.807, 2.05) is 13.8 Å². The van der Waals surface area contributed by atoms with Gasteiger partial charge in [-0.15, -0.1) is 11.8 Å². The van der Waals surface area contributed by atoms with Crippen LogP contribution >= 0.6 is 11.8 Å². The Bertz CT molecular complexity index is 1080. The summed E-state index contributed by atoms with van der Waals surface area (Å²) in [5.74, 6) is -1.09. The van der Waals surface area contributed by atoms with Crippen LogP contribution in [0, 0.1) is 17.0 Å². The van der Waals surface area contributed by atoms with Gasteiger partial charge >= 0.3 is 5.97 Å². The molecule has 2 aliphatic rings. The van der Waals surface area contributed by atoms with Crippen LogP contribution in [0.15, 0.2) is 28.8 Å². The Morgan fingerprint density at radius 2 is 2.10 bits per heavy atom. The van der Waals surface area contributed by atoms with E-state index >= 15 is 0 Å². The molecule has 158 valence electrons. The number of rotatable bonds is 5. The molecule has 0 bridgehead atoms. The third-order valence-corrected chi connectivity index (χ3v) is 7.33. The van der Waals surface area contributed by atoms with Gasteiger partial charge in [-0.1, -0.05) is 17.3 Å². The van der Waals surface area contributed by atoms with Crippen LogP contribution in [-0.2, 0) is 9.59 Å². The highest BCUT2D eigenvalue weighted by Gasteiger charge is 2.69. The molecule has 4 rings (SSSR count). The highest BCUT2D eigenvalue weighted by Crippen LogP contribution is 2.56. The minimum atomic E-state index is -1.07. The zero-order chi connectivity index (χ0) is 22.0. The maximum absolute atomic E-state index is 13.0. The summed E-state index contributed by atoms with van der Waals surface area (Å²) in [5, 5.41) is 27.5. The Morgan fingerprint density at radius 3 is 2.73 bits per heavy atom. The topological polar surface area (TPSA) is 139 Å². The summed E-state index contributed by atoms with van der Waals surface area (Å²) in [5.41, 5.74) is 0.214. The molecule has 1 aromatic carbocycles. The molecule has 0 spiro atoms. The van der Waals surface area contributed by atoms with Gasteiger partial charge in [0.15, 0.2) is 5.76 Å². The highest BCUT2D eigenvalue weighted by molar-refractivity contribution is 8.01. The number of hydrogen-bond acceptors (Lipinski definition) is 8. The molecule has 0 aliphatic carbocycles. The van der Waals surface area contributed by atoms with Gasteiger partial charge in [0.1, 0.15) is 28.3 Å². The van der Waals surface area contributed by atoms with Crippen LogP contribution in [0.5, 0.6) is 0 Å². The Morgan fingerprint density at radius 1 is 1.40 bits per heavy atom. The number of hydrogen-bond donors (Lipinski definition) is 2. The zero-order valence-electron chi connectivity index (χ0n) is 16.7. The number of nitrogens with zero attached hydrogens (tertiary/aromatic N) is 3. The number of thioether (sulfide) groups is 1. The monoisotopic (exact) mass is 432 g/mol. The predicted molar refractivity (Wildman–Crippen MR) is 109 cm³/mol. The standard InChI is InChI=1S/C19H20N4O6S/c1-9-12(13(29-21-9)10-6-5-7-11(8-10)23(27)28)20-19(4)16(26)22-14(15(24)25)18(2,3)30-17(19)22/h5-8,14,17,20H,1-4H3,(H,24,25)/t14-,17+,19-/m0/s1. The number of carboxylic acids is 1. The smallest absolute Gasteiger partial charge is 0.327 e. The third-order valence-electron chi connectivity index (χ3n) is 5.58. The van der Waals surface area contributed by atoms with Crippen LogP contribution in [0.25, 0.3) is 11.3 Å². The Kier molecular flexibility index (Phi) is 4.35. The van der Waals surface area contributed by atoms with Gasteiger partial charge in [0.2, 0.25) is 0 Å². The van der Waals surface area contributed by atoms with E-state index in [4.69, 9.17) is 4.52 Å². The summed E-state index contributed by atoms with van der Waals surface area (Å²) in [6, 6.07) is 5.02. The number of aryl methyl sites for hydroxylation is 1. The first-order valence-electron chi connectivity index (χ1n) is 9.20. The molecule has 11 heteroatoms. The average molecular weight is 432 g/mol. The number of aromatic nitrogens is 1. The number of aliphatic carboxylic acids is 1. The van der Waals surface area contributed by atoms with Gasteiger partial charge < -0.3 is 19.8 Å². The fraction of sp³-hybridized carbons (Fsp3) is 0.421. The molecule has 2 aliphatic heterocycles. The van der Waals surface area contributed by atoms with E-state index in [1.54, 1.807) is 26.0 Å². The van der Waals surface area contributed by atoms with Crippen molar-refractivity contribution in [2.75, 3.05) is 5.32 Å². The molecule has 0 saturated carbocycles. The molecule has 0 radical (unpaired) electrons. The Balaban J connectivity index is 1.69. The van der Waals surface area contributed by atoms with Crippen molar-refractivity contribution in [3.05, 3.63) is 40.1 Å². The minimum Gasteiger partial charge on any atom is -0.480 e. The lowest BCUT2D eigenvalue weighted by Crippen LogP contribution is -2.75. The number of carboxylic acid groups (broad SMARTS) is 1.